The minimum Gasteiger partial charge on any atom is -0.496 e. The minimum absolute atomic E-state index is 0.412. The van der Waals surface area contributed by atoms with Crippen molar-refractivity contribution >= 4 is 10.0 Å². The molecule has 0 saturated heterocycles. The summed E-state index contributed by atoms with van der Waals surface area (Å²) in [5, 5.41) is -2.48. The van der Waals surface area contributed by atoms with Gasteiger partial charge in [0.05, 0.1) is 7.11 Å². The van der Waals surface area contributed by atoms with Crippen molar-refractivity contribution in [1.82, 2.24) is 4.72 Å². The van der Waals surface area contributed by atoms with Crippen molar-refractivity contribution in [2.24, 2.45) is 0 Å². The Bertz CT molecular complexity index is 599. The maximum atomic E-state index is 12.6. The van der Waals surface area contributed by atoms with E-state index in [1.165, 1.54) is 14.0 Å². The first kappa shape index (κ1) is 17.8. The van der Waals surface area contributed by atoms with Crippen LogP contribution in [0, 0.1) is 6.92 Å². The number of nitrogens with one attached hydrogen (secondary N) is 1. The van der Waals surface area contributed by atoms with Gasteiger partial charge in [-0.3, -0.25) is 0 Å². The highest BCUT2D eigenvalue weighted by Crippen LogP contribution is 2.29. The molecule has 8 heteroatoms. The van der Waals surface area contributed by atoms with Gasteiger partial charge in [0.2, 0.25) is 10.0 Å². The highest BCUT2D eigenvalue weighted by atomic mass is 32.2. The van der Waals surface area contributed by atoms with Crippen molar-refractivity contribution < 1.29 is 26.3 Å². The summed E-state index contributed by atoms with van der Waals surface area (Å²) in [6.07, 6.45) is -4.82. The van der Waals surface area contributed by atoms with Crippen LogP contribution in [0.4, 0.5) is 13.2 Å². The molecular formula is C13H18F3NO3S. The lowest BCUT2D eigenvalue weighted by Gasteiger charge is -2.22. The predicted octanol–water partition coefficient (Wildman–Crippen LogP) is 2.93. The van der Waals surface area contributed by atoms with E-state index >= 15 is 0 Å². The number of rotatable bonds is 5. The Balaban J connectivity index is 3.06. The third kappa shape index (κ3) is 4.34. The van der Waals surface area contributed by atoms with Crippen LogP contribution in [0.15, 0.2) is 18.2 Å². The first-order valence-corrected chi connectivity index (χ1v) is 7.76. The van der Waals surface area contributed by atoms with Crippen LogP contribution in [0.3, 0.4) is 0 Å². The molecule has 0 aliphatic carbocycles. The van der Waals surface area contributed by atoms with Crippen molar-refractivity contribution in [3.63, 3.8) is 0 Å². The summed E-state index contributed by atoms with van der Waals surface area (Å²) in [5.74, 6) is 0.412. The topological polar surface area (TPSA) is 55.4 Å². The Morgan fingerprint density at radius 2 is 1.81 bits per heavy atom. The molecule has 1 aromatic carbocycles. The number of halogens is 3. The standard InChI is InChI=1S/C13H18F3NO3S/c1-8-5-6-12(20-4)11(7-8)9(2)17-21(18,19)10(3)13(14,15)16/h5-7,9-10,17H,1-4H3/t9-,10+/m1/s1. The van der Waals surface area contributed by atoms with Crippen LogP contribution < -0.4 is 9.46 Å². The van der Waals surface area contributed by atoms with Gasteiger partial charge in [0, 0.05) is 11.6 Å². The first-order chi connectivity index (χ1) is 9.49. The summed E-state index contributed by atoms with van der Waals surface area (Å²) < 4.78 is 68.4. The number of aryl methyl sites for hydroxylation is 1. The SMILES string of the molecule is COc1ccc(C)cc1[C@@H](C)NS(=O)(=O)[C@@H](C)C(F)(F)F. The Kier molecular flexibility index (Phi) is 5.27. The summed E-state index contributed by atoms with van der Waals surface area (Å²) in [6, 6.07) is 4.24. The fourth-order valence-electron chi connectivity index (χ4n) is 1.78. The second kappa shape index (κ2) is 6.23. The van der Waals surface area contributed by atoms with E-state index < -0.39 is 27.5 Å². The van der Waals surface area contributed by atoms with Crippen LogP contribution in [0.2, 0.25) is 0 Å². The molecule has 0 saturated carbocycles. The van der Waals surface area contributed by atoms with Crippen LogP contribution >= 0.6 is 0 Å². The van der Waals surface area contributed by atoms with Crippen LogP contribution in [0.1, 0.15) is 31.0 Å². The van der Waals surface area contributed by atoms with Crippen molar-refractivity contribution in [1.29, 1.82) is 0 Å². The maximum absolute atomic E-state index is 12.6. The van der Waals surface area contributed by atoms with Crippen LogP contribution in [0.5, 0.6) is 5.75 Å². The monoisotopic (exact) mass is 325 g/mol. The third-order valence-electron chi connectivity index (χ3n) is 3.12. The highest BCUT2D eigenvalue weighted by Gasteiger charge is 2.45. The van der Waals surface area contributed by atoms with Gasteiger partial charge in [-0.05, 0) is 26.8 Å². The molecule has 2 atom stereocenters. The highest BCUT2D eigenvalue weighted by molar-refractivity contribution is 7.90. The number of hydrogen-bond acceptors (Lipinski definition) is 3. The molecule has 0 amide bonds. The largest absolute Gasteiger partial charge is 0.496 e. The van der Waals surface area contributed by atoms with Gasteiger partial charge in [-0.15, -0.1) is 0 Å². The second-order valence-electron chi connectivity index (χ2n) is 4.81. The molecule has 0 fully saturated rings. The van der Waals surface area contributed by atoms with E-state index in [-0.39, 0.29) is 0 Å². The average Bonchev–Trinajstić information content (AvgIpc) is 2.36. The normalized spacial score (nSPS) is 15.6. The Labute approximate surface area is 122 Å². The average molecular weight is 325 g/mol. The molecule has 1 N–H and O–H groups in total. The lowest BCUT2D eigenvalue weighted by molar-refractivity contribution is -0.127. The Morgan fingerprint density at radius 1 is 1.24 bits per heavy atom. The fraction of sp³-hybridized carbons (Fsp3) is 0.538. The molecule has 1 aromatic rings. The zero-order valence-electron chi connectivity index (χ0n) is 12.2. The number of benzene rings is 1. The van der Waals surface area contributed by atoms with Gasteiger partial charge >= 0.3 is 6.18 Å². The van der Waals surface area contributed by atoms with Gasteiger partial charge in [-0.1, -0.05) is 17.7 Å². The number of hydrogen-bond donors (Lipinski definition) is 1. The molecule has 4 nitrogen and oxygen atoms in total. The van der Waals surface area contributed by atoms with E-state index in [4.69, 9.17) is 4.74 Å². The van der Waals surface area contributed by atoms with Crippen LogP contribution in [0.25, 0.3) is 0 Å². The maximum Gasteiger partial charge on any atom is 0.406 e. The van der Waals surface area contributed by atoms with Gasteiger partial charge < -0.3 is 4.74 Å². The summed E-state index contributed by atoms with van der Waals surface area (Å²) in [6.45, 7) is 3.88. The molecule has 0 unspecified atom stereocenters. The third-order valence-corrected chi connectivity index (χ3v) is 5.00. The van der Waals surface area contributed by atoms with Gasteiger partial charge in [0.15, 0.2) is 5.25 Å². The van der Waals surface area contributed by atoms with E-state index in [1.54, 1.807) is 25.1 Å². The predicted molar refractivity (Wildman–Crippen MR) is 73.7 cm³/mol. The molecule has 0 radical (unpaired) electrons. The fourth-order valence-corrected chi connectivity index (χ4v) is 2.96. The van der Waals surface area contributed by atoms with Crippen LogP contribution in [-0.4, -0.2) is 27.0 Å². The van der Waals surface area contributed by atoms with E-state index in [2.05, 4.69) is 4.72 Å². The van der Waals surface area contributed by atoms with Crippen molar-refractivity contribution in [2.45, 2.75) is 38.2 Å². The molecule has 0 spiro atoms. The van der Waals surface area contributed by atoms with Crippen molar-refractivity contribution in [3.8, 4) is 5.75 Å². The smallest absolute Gasteiger partial charge is 0.406 e. The summed E-state index contributed by atoms with van der Waals surface area (Å²) >= 11 is 0. The zero-order chi connectivity index (χ0) is 16.4. The molecule has 120 valence electrons. The minimum atomic E-state index is -4.82. The number of methoxy groups -OCH3 is 1. The van der Waals surface area contributed by atoms with Crippen molar-refractivity contribution in [2.75, 3.05) is 7.11 Å². The summed E-state index contributed by atoms with van der Waals surface area (Å²) in [7, 11) is -3.12. The van der Waals surface area contributed by atoms with E-state index in [9.17, 15) is 21.6 Å². The second-order valence-corrected chi connectivity index (χ2v) is 6.85. The van der Waals surface area contributed by atoms with Gasteiger partial charge in [0.25, 0.3) is 0 Å². The molecule has 0 aliphatic heterocycles. The molecule has 0 aromatic heterocycles. The molecular weight excluding hydrogens is 307 g/mol. The number of ether oxygens (including phenoxy) is 1. The quantitative estimate of drug-likeness (QED) is 0.905. The Hall–Kier alpha value is -1.28. The lowest BCUT2D eigenvalue weighted by Crippen LogP contribution is -2.42. The molecule has 21 heavy (non-hydrogen) atoms. The summed E-state index contributed by atoms with van der Waals surface area (Å²) in [5.41, 5.74) is 1.33. The zero-order valence-corrected chi connectivity index (χ0v) is 13.0. The Morgan fingerprint density at radius 3 is 2.29 bits per heavy atom. The summed E-state index contributed by atoms with van der Waals surface area (Å²) in [4.78, 5) is 0. The lowest BCUT2D eigenvalue weighted by atomic mass is 10.1. The molecule has 1 rings (SSSR count). The molecule has 0 bridgehead atoms. The van der Waals surface area contributed by atoms with Crippen LogP contribution in [-0.2, 0) is 10.0 Å². The van der Waals surface area contributed by atoms with Crippen molar-refractivity contribution in [3.05, 3.63) is 29.3 Å². The number of sulfonamides is 1. The van der Waals surface area contributed by atoms with Gasteiger partial charge in [-0.25, -0.2) is 13.1 Å². The van der Waals surface area contributed by atoms with E-state index in [0.717, 1.165) is 5.56 Å². The van der Waals surface area contributed by atoms with Gasteiger partial charge in [-0.2, -0.15) is 13.2 Å². The van der Waals surface area contributed by atoms with Gasteiger partial charge in [0.1, 0.15) is 5.75 Å². The molecule has 0 heterocycles. The first-order valence-electron chi connectivity index (χ1n) is 6.21. The molecule has 0 aliphatic rings. The van der Waals surface area contributed by atoms with E-state index in [1.807, 2.05) is 0 Å². The number of alkyl halides is 3. The van der Waals surface area contributed by atoms with E-state index in [0.29, 0.717) is 18.2 Å².